The first-order chi connectivity index (χ1) is 24.8. The first kappa shape index (κ1) is 35.2. The SMILES string of the molecule is O=S(=O)(O)O.c1ccc(-c2cc(-c3ccncc3)c(NCC3CC3)nn2)cc1.c1ccc(-c2cc(-c3ccncc3)c(NCC3CC3)nn2)cc1. The quantitative estimate of drug-likeness (QED) is 0.104. The standard InChI is InChI=1S/2C19H18N4.H2O4S/c2*1-2-4-16(5-3-1)18-12-17(15-8-10-20-11-9-15)19(23-22-18)21-13-14-6-7-14;1-5(2,3)4/h2*1-5,8-12,14H,6-7,13H2,(H,21,23);(H2,1,2,3,4). The van der Waals surface area contributed by atoms with Gasteiger partial charge >= 0.3 is 10.4 Å². The molecular formula is C38H38N8O4S. The van der Waals surface area contributed by atoms with Crippen LogP contribution >= 0.6 is 0 Å². The molecule has 12 nitrogen and oxygen atoms in total. The van der Waals surface area contributed by atoms with Crippen molar-refractivity contribution < 1.29 is 17.5 Å². The van der Waals surface area contributed by atoms with Gasteiger partial charge in [-0.05, 0) is 85.0 Å². The lowest BCUT2D eigenvalue weighted by molar-refractivity contribution is 0.381. The highest BCUT2D eigenvalue weighted by molar-refractivity contribution is 7.79. The van der Waals surface area contributed by atoms with Crippen molar-refractivity contribution in [3.63, 3.8) is 0 Å². The third-order valence-electron chi connectivity index (χ3n) is 8.22. The maximum atomic E-state index is 8.74. The number of anilines is 2. The zero-order valence-electron chi connectivity index (χ0n) is 27.7. The molecule has 0 bridgehead atoms. The molecule has 2 fully saturated rings. The molecule has 260 valence electrons. The van der Waals surface area contributed by atoms with E-state index >= 15 is 0 Å². The summed E-state index contributed by atoms with van der Waals surface area (Å²) >= 11 is 0. The molecule has 0 radical (unpaired) electrons. The number of benzene rings is 2. The third kappa shape index (κ3) is 11.2. The van der Waals surface area contributed by atoms with E-state index in [4.69, 9.17) is 17.5 Å². The zero-order chi connectivity index (χ0) is 35.5. The molecule has 0 unspecified atom stereocenters. The molecular weight excluding hydrogens is 665 g/mol. The average molecular weight is 703 g/mol. The number of nitrogens with one attached hydrogen (secondary N) is 2. The van der Waals surface area contributed by atoms with Gasteiger partial charge in [-0.2, -0.15) is 8.42 Å². The molecule has 0 aliphatic heterocycles. The van der Waals surface area contributed by atoms with Gasteiger partial charge in [0.2, 0.25) is 0 Å². The Hall–Kier alpha value is -5.63. The molecule has 51 heavy (non-hydrogen) atoms. The second-order valence-electron chi connectivity index (χ2n) is 12.3. The van der Waals surface area contributed by atoms with Crippen LogP contribution in [-0.4, -0.2) is 61.0 Å². The second-order valence-corrected chi connectivity index (χ2v) is 13.2. The molecule has 0 amide bonds. The van der Waals surface area contributed by atoms with Crippen LogP contribution in [0.3, 0.4) is 0 Å². The summed E-state index contributed by atoms with van der Waals surface area (Å²) in [6, 6.07) is 32.5. The lowest BCUT2D eigenvalue weighted by atomic mass is 10.0. The molecule has 0 saturated heterocycles. The van der Waals surface area contributed by atoms with Gasteiger partial charge in [-0.1, -0.05) is 60.7 Å². The largest absolute Gasteiger partial charge is 0.394 e. The van der Waals surface area contributed by atoms with E-state index in [9.17, 15) is 0 Å². The summed E-state index contributed by atoms with van der Waals surface area (Å²) in [4.78, 5) is 8.22. The highest BCUT2D eigenvalue weighted by atomic mass is 32.3. The first-order valence-corrected chi connectivity index (χ1v) is 18.0. The molecule has 2 aliphatic rings. The highest BCUT2D eigenvalue weighted by Gasteiger charge is 2.23. The van der Waals surface area contributed by atoms with Gasteiger partial charge in [0.1, 0.15) is 0 Å². The van der Waals surface area contributed by atoms with Crippen LogP contribution in [-0.2, 0) is 10.4 Å². The molecule has 2 aliphatic carbocycles. The number of rotatable bonds is 10. The lowest BCUT2D eigenvalue weighted by Gasteiger charge is -2.12. The Morgan fingerprint density at radius 1 is 0.529 bits per heavy atom. The zero-order valence-corrected chi connectivity index (χ0v) is 28.6. The Kier molecular flexibility index (Phi) is 11.6. The molecule has 2 aromatic carbocycles. The number of aromatic nitrogens is 6. The van der Waals surface area contributed by atoms with E-state index in [0.29, 0.717) is 0 Å². The van der Waals surface area contributed by atoms with E-state index in [2.05, 4.69) is 77.4 Å². The summed E-state index contributed by atoms with van der Waals surface area (Å²) < 4.78 is 31.6. The molecule has 4 N–H and O–H groups in total. The monoisotopic (exact) mass is 702 g/mol. The molecule has 4 aromatic heterocycles. The van der Waals surface area contributed by atoms with E-state index in [0.717, 1.165) is 81.3 Å². The first-order valence-electron chi connectivity index (χ1n) is 16.6. The van der Waals surface area contributed by atoms with E-state index in [1.165, 1.54) is 25.7 Å². The van der Waals surface area contributed by atoms with Crippen LogP contribution in [0.2, 0.25) is 0 Å². The predicted molar refractivity (Wildman–Crippen MR) is 198 cm³/mol. The van der Waals surface area contributed by atoms with Crippen molar-refractivity contribution in [3.8, 4) is 44.8 Å². The summed E-state index contributed by atoms with van der Waals surface area (Å²) in [6.45, 7) is 1.94. The maximum Gasteiger partial charge on any atom is 0.394 e. The van der Waals surface area contributed by atoms with Crippen LogP contribution in [0.1, 0.15) is 25.7 Å². The van der Waals surface area contributed by atoms with Crippen molar-refractivity contribution in [2.75, 3.05) is 23.7 Å². The van der Waals surface area contributed by atoms with Crippen molar-refractivity contribution >= 4 is 22.0 Å². The minimum Gasteiger partial charge on any atom is -0.368 e. The number of hydrogen-bond donors (Lipinski definition) is 4. The summed E-state index contributed by atoms with van der Waals surface area (Å²) in [5.74, 6) is 3.28. The van der Waals surface area contributed by atoms with Crippen molar-refractivity contribution in [1.82, 2.24) is 30.4 Å². The van der Waals surface area contributed by atoms with Crippen molar-refractivity contribution in [2.24, 2.45) is 11.8 Å². The van der Waals surface area contributed by atoms with Crippen LogP contribution in [0.15, 0.2) is 122 Å². The molecule has 13 heteroatoms. The Morgan fingerprint density at radius 3 is 1.22 bits per heavy atom. The van der Waals surface area contributed by atoms with Crippen molar-refractivity contribution in [2.45, 2.75) is 25.7 Å². The molecule has 0 atom stereocenters. The van der Waals surface area contributed by atoms with Gasteiger partial charge in [0.05, 0.1) is 11.4 Å². The van der Waals surface area contributed by atoms with Gasteiger partial charge in [-0.25, -0.2) is 0 Å². The van der Waals surface area contributed by atoms with Gasteiger partial charge in [-0.15, -0.1) is 20.4 Å². The Morgan fingerprint density at radius 2 is 0.882 bits per heavy atom. The van der Waals surface area contributed by atoms with E-state index < -0.39 is 10.4 Å². The maximum absolute atomic E-state index is 8.74. The molecule has 8 rings (SSSR count). The van der Waals surface area contributed by atoms with Crippen LogP contribution in [0, 0.1) is 11.8 Å². The van der Waals surface area contributed by atoms with Crippen LogP contribution < -0.4 is 10.6 Å². The Labute approximate surface area is 297 Å². The predicted octanol–water partition coefficient (Wildman–Crippen LogP) is 7.40. The second kappa shape index (κ2) is 16.9. The van der Waals surface area contributed by atoms with Gasteiger partial charge in [0, 0.05) is 60.1 Å². The Bertz CT molecular complexity index is 1960. The van der Waals surface area contributed by atoms with E-state index in [1.807, 2.05) is 85.5 Å². The minimum absolute atomic E-state index is 0.788. The summed E-state index contributed by atoms with van der Waals surface area (Å²) in [5, 5.41) is 24.6. The number of pyridine rings is 2. The van der Waals surface area contributed by atoms with E-state index in [1.54, 1.807) is 0 Å². The molecule has 2 saturated carbocycles. The van der Waals surface area contributed by atoms with Crippen molar-refractivity contribution in [3.05, 3.63) is 122 Å². The summed E-state index contributed by atoms with van der Waals surface area (Å²) in [6.07, 6.45) is 12.5. The van der Waals surface area contributed by atoms with Crippen LogP contribution in [0.5, 0.6) is 0 Å². The van der Waals surface area contributed by atoms with Crippen LogP contribution in [0.25, 0.3) is 44.8 Å². The Balaban J connectivity index is 0.000000156. The summed E-state index contributed by atoms with van der Waals surface area (Å²) in [7, 11) is -4.67. The van der Waals surface area contributed by atoms with E-state index in [-0.39, 0.29) is 0 Å². The summed E-state index contributed by atoms with van der Waals surface area (Å²) in [5.41, 5.74) is 8.26. The molecule has 6 aromatic rings. The van der Waals surface area contributed by atoms with Gasteiger partial charge < -0.3 is 10.6 Å². The molecule has 0 spiro atoms. The van der Waals surface area contributed by atoms with Gasteiger partial charge in [-0.3, -0.25) is 19.1 Å². The lowest BCUT2D eigenvalue weighted by Crippen LogP contribution is -2.07. The normalized spacial score (nSPS) is 13.5. The van der Waals surface area contributed by atoms with Crippen molar-refractivity contribution in [1.29, 1.82) is 0 Å². The number of hydrogen-bond acceptors (Lipinski definition) is 10. The average Bonchev–Trinajstić information content (AvgIpc) is 4.11. The minimum atomic E-state index is -4.67. The number of nitrogens with zero attached hydrogens (tertiary/aromatic N) is 6. The van der Waals surface area contributed by atoms with Gasteiger partial charge in [0.25, 0.3) is 0 Å². The topological polar surface area (TPSA) is 176 Å². The smallest absolute Gasteiger partial charge is 0.368 e. The fraction of sp³-hybridized carbons (Fsp3) is 0.211. The van der Waals surface area contributed by atoms with Gasteiger partial charge in [0.15, 0.2) is 11.6 Å². The third-order valence-corrected chi connectivity index (χ3v) is 8.22. The fourth-order valence-corrected chi connectivity index (χ4v) is 5.17. The van der Waals surface area contributed by atoms with Crippen LogP contribution in [0.4, 0.5) is 11.6 Å². The molecule has 4 heterocycles. The highest BCUT2D eigenvalue weighted by Crippen LogP contribution is 2.34. The fourth-order valence-electron chi connectivity index (χ4n) is 5.17.